The molecule has 1 aromatic rings. The molecule has 1 fully saturated rings. The first kappa shape index (κ1) is 20.7. The minimum atomic E-state index is -0.861. The van der Waals surface area contributed by atoms with Gasteiger partial charge in [-0.25, -0.2) is 4.79 Å². The van der Waals surface area contributed by atoms with Crippen LogP contribution in [0.25, 0.3) is 0 Å². The van der Waals surface area contributed by atoms with Crippen molar-refractivity contribution in [3.63, 3.8) is 0 Å². The molecule has 26 heavy (non-hydrogen) atoms. The van der Waals surface area contributed by atoms with Crippen molar-refractivity contribution in [1.29, 1.82) is 0 Å². The van der Waals surface area contributed by atoms with Crippen LogP contribution in [0.3, 0.4) is 0 Å². The standard InChI is InChI=1S/C19H30ClN3O3/c1-4-5-12-23-17(20)16(13(2)22-23)19(25)26-14(3)18(24)21-15-10-8-6-7-9-11-15/h14-15H,4-12H2,1-3H3,(H,21,24)/t14-/m0/s1. The highest BCUT2D eigenvalue weighted by Crippen LogP contribution is 2.22. The maximum atomic E-state index is 12.5. The van der Waals surface area contributed by atoms with E-state index in [0.717, 1.165) is 38.5 Å². The largest absolute Gasteiger partial charge is 0.449 e. The van der Waals surface area contributed by atoms with Crippen LogP contribution in [-0.4, -0.2) is 33.8 Å². The molecule has 0 spiro atoms. The lowest BCUT2D eigenvalue weighted by Gasteiger charge is -2.19. The molecule has 0 unspecified atom stereocenters. The van der Waals surface area contributed by atoms with Crippen molar-refractivity contribution in [3.8, 4) is 0 Å². The van der Waals surface area contributed by atoms with E-state index in [2.05, 4.69) is 17.3 Å². The summed E-state index contributed by atoms with van der Waals surface area (Å²) in [6.07, 6.45) is 7.75. The molecular formula is C19H30ClN3O3. The van der Waals surface area contributed by atoms with Gasteiger partial charge in [-0.1, -0.05) is 50.6 Å². The molecule has 6 nitrogen and oxygen atoms in total. The highest BCUT2D eigenvalue weighted by atomic mass is 35.5. The Morgan fingerprint density at radius 1 is 1.31 bits per heavy atom. The van der Waals surface area contributed by atoms with Gasteiger partial charge >= 0.3 is 5.97 Å². The van der Waals surface area contributed by atoms with Crippen molar-refractivity contribution in [1.82, 2.24) is 15.1 Å². The van der Waals surface area contributed by atoms with Crippen LogP contribution in [0.4, 0.5) is 0 Å². The van der Waals surface area contributed by atoms with Gasteiger partial charge in [0.15, 0.2) is 6.10 Å². The average molecular weight is 384 g/mol. The number of carbonyl (C=O) groups excluding carboxylic acids is 2. The zero-order valence-corrected chi connectivity index (χ0v) is 16.8. The van der Waals surface area contributed by atoms with Crippen LogP contribution in [0, 0.1) is 6.92 Å². The predicted octanol–water partition coefficient (Wildman–Crippen LogP) is 4.03. The average Bonchev–Trinajstić information content (AvgIpc) is 2.77. The van der Waals surface area contributed by atoms with Crippen LogP contribution in [0.2, 0.25) is 5.15 Å². The van der Waals surface area contributed by atoms with Crippen LogP contribution in [0.15, 0.2) is 0 Å². The number of nitrogens with zero attached hydrogens (tertiary/aromatic N) is 2. The molecular weight excluding hydrogens is 354 g/mol. The molecule has 1 saturated carbocycles. The molecule has 1 aliphatic rings. The first-order chi connectivity index (χ1) is 12.4. The smallest absolute Gasteiger partial charge is 0.343 e. The number of carbonyl (C=O) groups is 2. The van der Waals surface area contributed by atoms with Crippen LogP contribution < -0.4 is 5.32 Å². The van der Waals surface area contributed by atoms with Gasteiger partial charge in [-0.2, -0.15) is 5.10 Å². The van der Waals surface area contributed by atoms with E-state index < -0.39 is 12.1 Å². The highest BCUT2D eigenvalue weighted by molar-refractivity contribution is 6.32. The van der Waals surface area contributed by atoms with Crippen molar-refractivity contribution < 1.29 is 14.3 Å². The minimum absolute atomic E-state index is 0.174. The van der Waals surface area contributed by atoms with Crippen LogP contribution in [-0.2, 0) is 16.1 Å². The molecule has 1 amide bonds. The third-order valence-corrected chi connectivity index (χ3v) is 5.23. The summed E-state index contributed by atoms with van der Waals surface area (Å²) in [7, 11) is 0. The van der Waals surface area contributed by atoms with E-state index in [1.54, 1.807) is 18.5 Å². The fourth-order valence-corrected chi connectivity index (χ4v) is 3.59. The number of unbranched alkanes of at least 4 members (excludes halogenated alkanes) is 1. The van der Waals surface area contributed by atoms with Crippen molar-refractivity contribution in [2.75, 3.05) is 0 Å². The molecule has 146 valence electrons. The minimum Gasteiger partial charge on any atom is -0.449 e. The summed E-state index contributed by atoms with van der Waals surface area (Å²) in [5.74, 6) is -0.851. The molecule has 0 saturated heterocycles. The summed E-state index contributed by atoms with van der Waals surface area (Å²) >= 11 is 6.30. The Kier molecular flexibility index (Phi) is 7.94. The van der Waals surface area contributed by atoms with Gasteiger partial charge in [-0.05, 0) is 33.1 Å². The van der Waals surface area contributed by atoms with Crippen molar-refractivity contribution >= 4 is 23.5 Å². The Morgan fingerprint density at radius 3 is 2.58 bits per heavy atom. The quantitative estimate of drug-likeness (QED) is 0.569. The Bertz CT molecular complexity index is 622. The maximum Gasteiger partial charge on any atom is 0.343 e. The summed E-state index contributed by atoms with van der Waals surface area (Å²) in [5.41, 5.74) is 0.768. The maximum absolute atomic E-state index is 12.5. The molecule has 1 aliphatic carbocycles. The molecule has 0 aliphatic heterocycles. The second-order valence-corrected chi connectivity index (χ2v) is 7.43. The van der Waals surface area contributed by atoms with Crippen LogP contribution in [0.1, 0.15) is 81.3 Å². The van der Waals surface area contributed by atoms with Gasteiger partial charge in [0, 0.05) is 12.6 Å². The van der Waals surface area contributed by atoms with Gasteiger partial charge in [0.2, 0.25) is 0 Å². The monoisotopic (exact) mass is 383 g/mol. The second kappa shape index (κ2) is 9.95. The number of amides is 1. The number of aromatic nitrogens is 2. The van der Waals surface area contributed by atoms with E-state index in [1.165, 1.54) is 12.8 Å². The molecule has 1 aromatic heterocycles. The highest BCUT2D eigenvalue weighted by Gasteiger charge is 2.26. The molecule has 0 bridgehead atoms. The van der Waals surface area contributed by atoms with Crippen LogP contribution in [0.5, 0.6) is 0 Å². The number of hydrogen-bond donors (Lipinski definition) is 1. The molecule has 0 radical (unpaired) electrons. The first-order valence-corrected chi connectivity index (χ1v) is 10.1. The number of esters is 1. The SMILES string of the molecule is CCCCn1nc(C)c(C(=O)O[C@@H](C)C(=O)NC2CCCCCC2)c1Cl. The molecule has 1 N–H and O–H groups in total. The molecule has 7 heteroatoms. The van der Waals surface area contributed by atoms with E-state index in [-0.39, 0.29) is 22.7 Å². The summed E-state index contributed by atoms with van der Waals surface area (Å²) < 4.78 is 6.98. The summed E-state index contributed by atoms with van der Waals surface area (Å²) in [6.45, 7) is 6.05. The van der Waals surface area contributed by atoms with E-state index in [9.17, 15) is 9.59 Å². The third kappa shape index (κ3) is 5.47. The molecule has 2 rings (SSSR count). The second-order valence-electron chi connectivity index (χ2n) is 7.07. The van der Waals surface area contributed by atoms with Crippen molar-refractivity contribution in [2.24, 2.45) is 0 Å². The number of aryl methyl sites for hydroxylation is 2. The zero-order chi connectivity index (χ0) is 19.1. The Labute approximate surface area is 160 Å². The van der Waals surface area contributed by atoms with Crippen LogP contribution >= 0.6 is 11.6 Å². The van der Waals surface area contributed by atoms with Gasteiger partial charge in [0.25, 0.3) is 5.91 Å². The number of rotatable bonds is 7. The fraction of sp³-hybridized carbons (Fsp3) is 0.737. The summed E-state index contributed by atoms with van der Waals surface area (Å²) in [6, 6.07) is 0.174. The van der Waals surface area contributed by atoms with Gasteiger partial charge in [0.05, 0.1) is 5.69 Å². The van der Waals surface area contributed by atoms with Gasteiger partial charge < -0.3 is 10.1 Å². The predicted molar refractivity (Wildman–Crippen MR) is 101 cm³/mol. The van der Waals surface area contributed by atoms with Gasteiger partial charge in [-0.3, -0.25) is 9.48 Å². The fourth-order valence-electron chi connectivity index (χ4n) is 3.26. The van der Waals surface area contributed by atoms with Crippen molar-refractivity contribution in [2.45, 2.75) is 90.8 Å². The topological polar surface area (TPSA) is 73.2 Å². The van der Waals surface area contributed by atoms with Gasteiger partial charge in [0.1, 0.15) is 10.7 Å². The Hall–Kier alpha value is -1.56. The summed E-state index contributed by atoms with van der Waals surface area (Å²) in [5, 5.41) is 7.59. The van der Waals surface area contributed by atoms with Gasteiger partial charge in [-0.15, -0.1) is 0 Å². The van der Waals surface area contributed by atoms with E-state index >= 15 is 0 Å². The zero-order valence-electron chi connectivity index (χ0n) is 16.0. The first-order valence-electron chi connectivity index (χ1n) is 9.68. The van der Waals surface area contributed by atoms with E-state index in [0.29, 0.717) is 12.2 Å². The lowest BCUT2D eigenvalue weighted by Crippen LogP contribution is -2.41. The lowest BCUT2D eigenvalue weighted by molar-refractivity contribution is -0.129. The van der Waals surface area contributed by atoms with Crippen molar-refractivity contribution in [3.05, 3.63) is 16.4 Å². The number of nitrogens with one attached hydrogen (secondary N) is 1. The Morgan fingerprint density at radius 2 is 1.96 bits per heavy atom. The third-order valence-electron chi connectivity index (χ3n) is 4.85. The molecule has 1 atom stereocenters. The lowest BCUT2D eigenvalue weighted by atomic mass is 10.1. The normalized spacial score (nSPS) is 16.8. The van der Waals surface area contributed by atoms with E-state index in [1.807, 2.05) is 0 Å². The molecule has 1 heterocycles. The summed E-state index contributed by atoms with van der Waals surface area (Å²) in [4.78, 5) is 24.9. The molecule has 0 aromatic carbocycles. The number of halogens is 1. The number of hydrogen-bond acceptors (Lipinski definition) is 4. The van der Waals surface area contributed by atoms with E-state index in [4.69, 9.17) is 16.3 Å². The Balaban J connectivity index is 1.95. The number of ether oxygens (including phenoxy) is 1.